The summed E-state index contributed by atoms with van der Waals surface area (Å²) in [5.74, 6) is -0.938. The number of hydrogen-bond acceptors (Lipinski definition) is 2. The van der Waals surface area contributed by atoms with Gasteiger partial charge in [-0.1, -0.05) is 12.1 Å². The van der Waals surface area contributed by atoms with E-state index in [0.717, 1.165) is 18.4 Å². The van der Waals surface area contributed by atoms with Crippen LogP contribution in [0.4, 0.5) is 4.39 Å². The molecule has 0 saturated heterocycles. The SMILES string of the molecule is NC(Cc1ccc(C2CC2)c(F)c1)C(=O)O. The summed E-state index contributed by atoms with van der Waals surface area (Å²) < 4.78 is 13.6. The van der Waals surface area contributed by atoms with Crippen LogP contribution in [0.2, 0.25) is 0 Å². The predicted molar refractivity (Wildman–Crippen MR) is 57.7 cm³/mol. The zero-order valence-electron chi connectivity index (χ0n) is 8.82. The van der Waals surface area contributed by atoms with E-state index in [-0.39, 0.29) is 12.2 Å². The molecule has 1 aromatic carbocycles. The standard InChI is InChI=1S/C12H14FNO2/c13-10-5-7(6-11(14)12(15)16)1-4-9(10)8-2-3-8/h1,4-5,8,11H,2-3,6,14H2,(H,15,16). The van der Waals surface area contributed by atoms with Gasteiger partial charge < -0.3 is 10.8 Å². The lowest BCUT2D eigenvalue weighted by molar-refractivity contribution is -0.138. The third kappa shape index (κ3) is 2.39. The van der Waals surface area contributed by atoms with E-state index in [1.807, 2.05) is 0 Å². The molecule has 1 aliphatic rings. The summed E-state index contributed by atoms with van der Waals surface area (Å²) in [4.78, 5) is 10.6. The number of carbonyl (C=O) groups is 1. The van der Waals surface area contributed by atoms with Crippen molar-refractivity contribution < 1.29 is 14.3 Å². The summed E-state index contributed by atoms with van der Waals surface area (Å²) in [5, 5.41) is 8.65. The van der Waals surface area contributed by atoms with E-state index in [0.29, 0.717) is 11.5 Å². The Morgan fingerprint density at radius 2 is 2.25 bits per heavy atom. The van der Waals surface area contributed by atoms with Crippen molar-refractivity contribution in [3.8, 4) is 0 Å². The largest absolute Gasteiger partial charge is 0.480 e. The molecule has 2 rings (SSSR count). The van der Waals surface area contributed by atoms with Crippen molar-refractivity contribution in [1.82, 2.24) is 0 Å². The number of aliphatic carboxylic acids is 1. The average molecular weight is 223 g/mol. The molecule has 16 heavy (non-hydrogen) atoms. The molecule has 0 bridgehead atoms. The summed E-state index contributed by atoms with van der Waals surface area (Å²) in [5.41, 5.74) is 6.77. The molecule has 0 aromatic heterocycles. The minimum atomic E-state index is -1.06. The van der Waals surface area contributed by atoms with Gasteiger partial charge in [-0.3, -0.25) is 4.79 Å². The smallest absolute Gasteiger partial charge is 0.320 e. The summed E-state index contributed by atoms with van der Waals surface area (Å²) in [6, 6.07) is 3.94. The number of halogens is 1. The lowest BCUT2D eigenvalue weighted by Gasteiger charge is -2.08. The molecule has 1 saturated carbocycles. The van der Waals surface area contributed by atoms with Gasteiger partial charge in [0.25, 0.3) is 0 Å². The Balaban J connectivity index is 2.11. The molecule has 0 aliphatic heterocycles. The van der Waals surface area contributed by atoms with Crippen LogP contribution in [-0.2, 0) is 11.2 Å². The van der Waals surface area contributed by atoms with Crippen LogP contribution in [0.25, 0.3) is 0 Å². The fourth-order valence-corrected chi connectivity index (χ4v) is 1.76. The molecule has 0 spiro atoms. The van der Waals surface area contributed by atoms with E-state index in [4.69, 9.17) is 10.8 Å². The van der Waals surface area contributed by atoms with Gasteiger partial charge in [-0.2, -0.15) is 0 Å². The Kier molecular flexibility index (Phi) is 2.92. The Bertz CT molecular complexity index is 415. The van der Waals surface area contributed by atoms with Crippen molar-refractivity contribution in [2.24, 2.45) is 5.73 Å². The lowest BCUT2D eigenvalue weighted by Crippen LogP contribution is -2.32. The first-order valence-corrected chi connectivity index (χ1v) is 5.34. The summed E-state index contributed by atoms with van der Waals surface area (Å²) in [6.07, 6.45) is 2.26. The van der Waals surface area contributed by atoms with Crippen molar-refractivity contribution >= 4 is 5.97 Å². The van der Waals surface area contributed by atoms with E-state index < -0.39 is 12.0 Å². The van der Waals surface area contributed by atoms with Crippen molar-refractivity contribution in [2.45, 2.75) is 31.2 Å². The number of carboxylic acids is 1. The highest BCUT2D eigenvalue weighted by Crippen LogP contribution is 2.41. The van der Waals surface area contributed by atoms with Crippen molar-refractivity contribution in [3.05, 3.63) is 35.1 Å². The zero-order valence-corrected chi connectivity index (χ0v) is 8.82. The van der Waals surface area contributed by atoms with Crippen molar-refractivity contribution in [3.63, 3.8) is 0 Å². The number of rotatable bonds is 4. The number of hydrogen-bond donors (Lipinski definition) is 2. The van der Waals surface area contributed by atoms with Gasteiger partial charge in [0.1, 0.15) is 11.9 Å². The number of benzene rings is 1. The molecule has 4 heteroatoms. The normalized spacial score (nSPS) is 17.1. The molecule has 0 heterocycles. The quantitative estimate of drug-likeness (QED) is 0.815. The van der Waals surface area contributed by atoms with Crippen molar-refractivity contribution in [2.75, 3.05) is 0 Å². The molecule has 0 amide bonds. The second-order valence-electron chi connectivity index (χ2n) is 4.28. The minimum Gasteiger partial charge on any atom is -0.480 e. The molecular weight excluding hydrogens is 209 g/mol. The zero-order chi connectivity index (χ0) is 11.7. The monoisotopic (exact) mass is 223 g/mol. The first kappa shape index (κ1) is 11.1. The van der Waals surface area contributed by atoms with E-state index in [2.05, 4.69) is 0 Å². The first-order valence-electron chi connectivity index (χ1n) is 5.34. The topological polar surface area (TPSA) is 63.3 Å². The lowest BCUT2D eigenvalue weighted by atomic mass is 10.0. The highest BCUT2D eigenvalue weighted by atomic mass is 19.1. The van der Waals surface area contributed by atoms with E-state index >= 15 is 0 Å². The Labute approximate surface area is 93.1 Å². The van der Waals surface area contributed by atoms with Gasteiger partial charge in [-0.25, -0.2) is 4.39 Å². The molecule has 3 nitrogen and oxygen atoms in total. The Morgan fingerprint density at radius 3 is 2.75 bits per heavy atom. The van der Waals surface area contributed by atoms with Gasteiger partial charge >= 0.3 is 5.97 Å². The first-order chi connectivity index (χ1) is 7.58. The van der Waals surface area contributed by atoms with E-state index in [1.165, 1.54) is 6.07 Å². The van der Waals surface area contributed by atoms with Crippen LogP contribution >= 0.6 is 0 Å². The molecule has 1 unspecified atom stereocenters. The van der Waals surface area contributed by atoms with Crippen LogP contribution in [-0.4, -0.2) is 17.1 Å². The van der Waals surface area contributed by atoms with E-state index in [1.54, 1.807) is 12.1 Å². The second kappa shape index (κ2) is 4.22. The highest BCUT2D eigenvalue weighted by Gasteiger charge is 2.26. The second-order valence-corrected chi connectivity index (χ2v) is 4.28. The van der Waals surface area contributed by atoms with Crippen molar-refractivity contribution in [1.29, 1.82) is 0 Å². The summed E-state index contributed by atoms with van der Waals surface area (Å²) in [7, 11) is 0. The van der Waals surface area contributed by atoms with Crippen LogP contribution in [0.15, 0.2) is 18.2 Å². The number of nitrogens with two attached hydrogens (primary N) is 1. The predicted octanol–water partition coefficient (Wildman–Crippen LogP) is 1.66. The molecule has 1 atom stereocenters. The molecular formula is C12H14FNO2. The molecule has 3 N–H and O–H groups in total. The third-order valence-electron chi connectivity index (χ3n) is 2.85. The van der Waals surface area contributed by atoms with Gasteiger partial charge in [0.15, 0.2) is 0 Å². The van der Waals surface area contributed by atoms with Crippen LogP contribution in [0.5, 0.6) is 0 Å². The maximum absolute atomic E-state index is 13.6. The van der Waals surface area contributed by atoms with Gasteiger partial charge in [0.2, 0.25) is 0 Å². The van der Waals surface area contributed by atoms with Crippen LogP contribution in [0.1, 0.15) is 29.9 Å². The fourth-order valence-electron chi connectivity index (χ4n) is 1.76. The summed E-state index contributed by atoms with van der Waals surface area (Å²) >= 11 is 0. The molecule has 1 fully saturated rings. The number of carboxylic acid groups (broad SMARTS) is 1. The minimum absolute atomic E-state index is 0.164. The Hall–Kier alpha value is -1.42. The summed E-state index contributed by atoms with van der Waals surface area (Å²) in [6.45, 7) is 0. The maximum atomic E-state index is 13.6. The van der Waals surface area contributed by atoms with Gasteiger partial charge in [0, 0.05) is 0 Å². The Morgan fingerprint density at radius 1 is 1.56 bits per heavy atom. The third-order valence-corrected chi connectivity index (χ3v) is 2.85. The fraction of sp³-hybridized carbons (Fsp3) is 0.417. The van der Waals surface area contributed by atoms with Crippen LogP contribution in [0.3, 0.4) is 0 Å². The van der Waals surface area contributed by atoms with Gasteiger partial charge in [0.05, 0.1) is 0 Å². The van der Waals surface area contributed by atoms with Gasteiger partial charge in [-0.05, 0) is 42.4 Å². The molecule has 0 radical (unpaired) electrons. The molecule has 1 aromatic rings. The maximum Gasteiger partial charge on any atom is 0.320 e. The van der Waals surface area contributed by atoms with Gasteiger partial charge in [-0.15, -0.1) is 0 Å². The van der Waals surface area contributed by atoms with E-state index in [9.17, 15) is 9.18 Å². The molecule has 86 valence electrons. The molecule has 1 aliphatic carbocycles. The van der Waals surface area contributed by atoms with Crippen LogP contribution in [0, 0.1) is 5.82 Å². The highest BCUT2D eigenvalue weighted by molar-refractivity contribution is 5.73. The average Bonchev–Trinajstić information content (AvgIpc) is 3.01. The van der Waals surface area contributed by atoms with Crippen LogP contribution < -0.4 is 5.73 Å².